The van der Waals surface area contributed by atoms with Crippen molar-refractivity contribution in [2.45, 2.75) is 19.5 Å². The van der Waals surface area contributed by atoms with Crippen LogP contribution in [0.3, 0.4) is 0 Å². The fraction of sp³-hybridized carbons (Fsp3) is 0.455. The molecule has 2 rings (SSSR count). The molecule has 4 heteroatoms. The molecule has 0 radical (unpaired) electrons. The lowest BCUT2D eigenvalue weighted by molar-refractivity contribution is 0.0394. The zero-order valence-electron chi connectivity index (χ0n) is 8.61. The molecule has 15 heavy (non-hydrogen) atoms. The summed E-state index contributed by atoms with van der Waals surface area (Å²) in [7, 11) is 0. The van der Waals surface area contributed by atoms with Crippen molar-refractivity contribution in [1.29, 1.82) is 0 Å². The maximum Gasteiger partial charge on any atom is 0.272 e. The van der Waals surface area contributed by atoms with E-state index in [0.717, 1.165) is 12.1 Å². The van der Waals surface area contributed by atoms with Crippen LogP contribution in [0, 0.1) is 0 Å². The van der Waals surface area contributed by atoms with E-state index in [2.05, 4.69) is 4.98 Å². The Bertz CT molecular complexity index is 375. The summed E-state index contributed by atoms with van der Waals surface area (Å²) in [5.41, 5.74) is 1.31. The van der Waals surface area contributed by atoms with Crippen molar-refractivity contribution in [1.82, 2.24) is 9.88 Å². The number of alkyl halides is 1. The molecule has 0 aromatic carbocycles. The lowest BCUT2D eigenvalue weighted by atomic mass is 10.1. The van der Waals surface area contributed by atoms with E-state index in [1.165, 1.54) is 4.90 Å². The Balaban J connectivity index is 2.11. The molecule has 1 aromatic rings. The average Bonchev–Trinajstić information content (AvgIpc) is 2.24. The van der Waals surface area contributed by atoms with Gasteiger partial charge in [-0.15, -0.1) is 0 Å². The number of nitrogens with zero attached hydrogens (tertiary/aromatic N) is 2. The minimum absolute atomic E-state index is 0.167. The maximum atomic E-state index is 12.6. The van der Waals surface area contributed by atoms with E-state index in [1.54, 1.807) is 6.07 Å². The number of aryl methyl sites for hydroxylation is 1. The number of rotatable bonds is 2. The highest BCUT2D eigenvalue weighted by molar-refractivity contribution is 5.92. The topological polar surface area (TPSA) is 33.2 Å². The summed E-state index contributed by atoms with van der Waals surface area (Å²) < 4.78 is 12.6. The van der Waals surface area contributed by atoms with Gasteiger partial charge in [0.25, 0.3) is 5.91 Å². The summed E-state index contributed by atoms with van der Waals surface area (Å²) in [6, 6.07) is 5.36. The molecular formula is C11H13FN2O. The number of aromatic nitrogens is 1. The van der Waals surface area contributed by atoms with Crippen LogP contribution in [0.4, 0.5) is 4.39 Å². The van der Waals surface area contributed by atoms with Crippen molar-refractivity contribution in [3.8, 4) is 0 Å². The number of pyridine rings is 1. The van der Waals surface area contributed by atoms with Crippen molar-refractivity contribution in [3.05, 3.63) is 29.6 Å². The van der Waals surface area contributed by atoms with Crippen LogP contribution in [0.5, 0.6) is 0 Å². The Morgan fingerprint density at radius 1 is 1.60 bits per heavy atom. The minimum atomic E-state index is -0.858. The third-order valence-corrected chi connectivity index (χ3v) is 2.51. The predicted octanol–water partition coefficient (Wildman–Crippen LogP) is 1.44. The Hall–Kier alpha value is -1.45. The van der Waals surface area contributed by atoms with Crippen LogP contribution in [0.25, 0.3) is 0 Å². The fourth-order valence-electron chi connectivity index (χ4n) is 1.55. The Kier molecular flexibility index (Phi) is 2.66. The highest BCUT2D eigenvalue weighted by atomic mass is 19.1. The second-order valence-corrected chi connectivity index (χ2v) is 3.68. The molecule has 1 aromatic heterocycles. The SMILES string of the molecule is CCc1cccc(C(=O)N2CC(F)C2)n1. The fourth-order valence-corrected chi connectivity index (χ4v) is 1.55. The van der Waals surface area contributed by atoms with Crippen molar-refractivity contribution < 1.29 is 9.18 Å². The van der Waals surface area contributed by atoms with Crippen LogP contribution in [0.15, 0.2) is 18.2 Å². The van der Waals surface area contributed by atoms with Gasteiger partial charge in [-0.2, -0.15) is 0 Å². The van der Waals surface area contributed by atoms with Gasteiger partial charge >= 0.3 is 0 Å². The molecule has 0 aliphatic carbocycles. The second kappa shape index (κ2) is 3.96. The Morgan fingerprint density at radius 3 is 2.93 bits per heavy atom. The molecule has 3 nitrogen and oxygen atoms in total. The zero-order chi connectivity index (χ0) is 10.8. The monoisotopic (exact) mass is 208 g/mol. The highest BCUT2D eigenvalue weighted by Gasteiger charge is 2.31. The molecule has 0 saturated carbocycles. The molecule has 1 fully saturated rings. The molecule has 2 heterocycles. The van der Waals surface area contributed by atoms with E-state index in [0.29, 0.717) is 5.69 Å². The standard InChI is InChI=1S/C11H13FN2O/c1-2-9-4-3-5-10(13-9)11(15)14-6-8(12)7-14/h3-5,8H,2,6-7H2,1H3. The minimum Gasteiger partial charge on any atom is -0.331 e. The smallest absolute Gasteiger partial charge is 0.272 e. The van der Waals surface area contributed by atoms with Crippen LogP contribution in [0.1, 0.15) is 23.1 Å². The van der Waals surface area contributed by atoms with Gasteiger partial charge in [0.15, 0.2) is 0 Å². The molecule has 0 bridgehead atoms. The van der Waals surface area contributed by atoms with Gasteiger partial charge in [0, 0.05) is 5.69 Å². The molecule has 0 unspecified atom stereocenters. The predicted molar refractivity (Wildman–Crippen MR) is 54.4 cm³/mol. The molecule has 1 aliphatic heterocycles. The first-order chi connectivity index (χ1) is 7.20. The molecule has 0 atom stereocenters. The summed E-state index contributed by atoms with van der Waals surface area (Å²) in [5.74, 6) is -0.167. The lowest BCUT2D eigenvalue weighted by Crippen LogP contribution is -2.51. The number of halogens is 1. The second-order valence-electron chi connectivity index (χ2n) is 3.68. The molecule has 0 N–H and O–H groups in total. The van der Waals surface area contributed by atoms with Crippen molar-refractivity contribution in [2.24, 2.45) is 0 Å². The summed E-state index contributed by atoms with van der Waals surface area (Å²) in [6.07, 6.45) is -0.0596. The van der Waals surface area contributed by atoms with Crippen LogP contribution in [-0.4, -0.2) is 35.1 Å². The molecular weight excluding hydrogens is 195 g/mol. The number of amides is 1. The van der Waals surface area contributed by atoms with Gasteiger partial charge in [-0.25, -0.2) is 9.37 Å². The Morgan fingerprint density at radius 2 is 2.33 bits per heavy atom. The Labute approximate surface area is 87.9 Å². The number of carbonyl (C=O) groups is 1. The quantitative estimate of drug-likeness (QED) is 0.736. The van der Waals surface area contributed by atoms with Crippen LogP contribution in [-0.2, 0) is 6.42 Å². The van der Waals surface area contributed by atoms with Gasteiger partial charge in [0.05, 0.1) is 13.1 Å². The van der Waals surface area contributed by atoms with Crippen molar-refractivity contribution in [3.63, 3.8) is 0 Å². The molecule has 1 saturated heterocycles. The molecule has 0 spiro atoms. The summed E-state index contributed by atoms with van der Waals surface area (Å²) in [5, 5.41) is 0. The maximum absolute atomic E-state index is 12.6. The number of hydrogen-bond acceptors (Lipinski definition) is 2. The van der Waals surface area contributed by atoms with E-state index in [1.807, 2.05) is 19.1 Å². The van der Waals surface area contributed by atoms with Crippen molar-refractivity contribution >= 4 is 5.91 Å². The third-order valence-electron chi connectivity index (χ3n) is 2.51. The number of carbonyl (C=O) groups excluding carboxylic acids is 1. The van der Waals surface area contributed by atoms with E-state index in [-0.39, 0.29) is 19.0 Å². The first-order valence-corrected chi connectivity index (χ1v) is 5.10. The van der Waals surface area contributed by atoms with Crippen LogP contribution >= 0.6 is 0 Å². The van der Waals surface area contributed by atoms with Gasteiger partial charge in [-0.1, -0.05) is 13.0 Å². The van der Waals surface area contributed by atoms with Gasteiger partial charge in [-0.05, 0) is 18.6 Å². The summed E-state index contributed by atoms with van der Waals surface area (Å²) >= 11 is 0. The van der Waals surface area contributed by atoms with E-state index < -0.39 is 6.17 Å². The zero-order valence-corrected chi connectivity index (χ0v) is 8.61. The highest BCUT2D eigenvalue weighted by Crippen LogP contribution is 2.14. The van der Waals surface area contributed by atoms with Gasteiger partial charge in [0.1, 0.15) is 11.9 Å². The van der Waals surface area contributed by atoms with E-state index in [9.17, 15) is 9.18 Å². The molecule has 1 amide bonds. The normalized spacial score (nSPS) is 16.3. The first kappa shape index (κ1) is 10.1. The van der Waals surface area contributed by atoms with Gasteiger partial charge in [-0.3, -0.25) is 4.79 Å². The average molecular weight is 208 g/mol. The van der Waals surface area contributed by atoms with E-state index in [4.69, 9.17) is 0 Å². The third kappa shape index (κ3) is 1.98. The molecule has 1 aliphatic rings. The van der Waals surface area contributed by atoms with Gasteiger partial charge < -0.3 is 4.90 Å². The number of hydrogen-bond donors (Lipinski definition) is 0. The van der Waals surface area contributed by atoms with E-state index >= 15 is 0 Å². The van der Waals surface area contributed by atoms with Gasteiger partial charge in [0.2, 0.25) is 0 Å². The molecule has 80 valence electrons. The first-order valence-electron chi connectivity index (χ1n) is 5.10. The summed E-state index contributed by atoms with van der Waals surface area (Å²) in [4.78, 5) is 17.4. The van der Waals surface area contributed by atoms with Crippen LogP contribution < -0.4 is 0 Å². The van der Waals surface area contributed by atoms with Crippen LogP contribution in [0.2, 0.25) is 0 Å². The summed E-state index contributed by atoms with van der Waals surface area (Å²) in [6.45, 7) is 2.39. The largest absolute Gasteiger partial charge is 0.331 e. The lowest BCUT2D eigenvalue weighted by Gasteiger charge is -2.33. The number of likely N-dealkylation sites (tertiary alicyclic amines) is 1. The van der Waals surface area contributed by atoms with Crippen molar-refractivity contribution in [2.75, 3.05) is 13.1 Å².